The van der Waals surface area contributed by atoms with Crippen LogP contribution in [0.2, 0.25) is 0 Å². The topological polar surface area (TPSA) is 55.6 Å². The minimum atomic E-state index is -4.00. The van der Waals surface area contributed by atoms with Gasteiger partial charge in [-0.2, -0.15) is 15.0 Å². The zero-order chi connectivity index (χ0) is 61.3. The lowest BCUT2D eigenvalue weighted by atomic mass is 10.0. The second-order valence-corrected chi connectivity index (χ2v) is 29.5. The van der Waals surface area contributed by atoms with E-state index < -0.39 is 16.1 Å². The minimum Gasteiger partial charge on any atom is -0.323 e. The molecule has 0 spiro atoms. The number of para-hydroxylation sites is 3. The Morgan fingerprint density at radius 2 is 0.648 bits per heavy atom. The fourth-order valence-corrected chi connectivity index (χ4v) is 22.4. The molecule has 0 saturated heterocycles. The first kappa shape index (κ1) is 50.2. The van der Waals surface area contributed by atoms with Gasteiger partial charge in [0.05, 0.1) is 15.1 Å². The van der Waals surface area contributed by atoms with Gasteiger partial charge in [-0.3, -0.25) is 4.57 Å². The summed E-state index contributed by atoms with van der Waals surface area (Å²) in [4.78, 5) is 16.6. The summed E-state index contributed by atoms with van der Waals surface area (Å²) in [6, 6.07) is 116. The van der Waals surface area contributed by atoms with Crippen LogP contribution in [0, 0.1) is 0 Å². The van der Waals surface area contributed by atoms with Gasteiger partial charge in [-0.1, -0.05) is 334 Å². The van der Waals surface area contributed by atoms with E-state index in [9.17, 15) is 4.11 Å². The predicted octanol–water partition coefficient (Wildman–Crippen LogP) is 14.1. The summed E-state index contributed by atoms with van der Waals surface area (Å²) in [7, 11) is -8.01. The number of benzene rings is 13. The summed E-state index contributed by atoms with van der Waals surface area (Å²) in [6.45, 7) is 0. The highest BCUT2D eigenvalue weighted by Crippen LogP contribution is 2.34. The highest BCUT2D eigenvalue weighted by molar-refractivity contribution is 7.22. The molecule has 2 aromatic heterocycles. The van der Waals surface area contributed by atoms with Crippen molar-refractivity contribution in [3.05, 3.63) is 352 Å². The summed E-state index contributed by atoms with van der Waals surface area (Å²) < 4.78 is 37.0. The molecule has 5 nitrogen and oxygen atoms in total. The third-order valence-corrected chi connectivity index (χ3v) is 26.2. The van der Waals surface area contributed by atoms with Crippen molar-refractivity contribution >= 4 is 91.1 Å². The zero-order valence-corrected chi connectivity index (χ0v) is 50.0. The van der Waals surface area contributed by atoms with Crippen LogP contribution in [-0.2, 0) is 0 Å². The van der Waals surface area contributed by atoms with Gasteiger partial charge in [0.15, 0.2) is 22.0 Å². The Hall–Kier alpha value is -11.1. The Bertz CT molecular complexity index is 4790. The SMILES string of the molecule is [2H]c1c(-c2nc(Nc3ccccc3-c3ccccc3)nc(-n3c4ccccc4c4ccccc43)n2)c([2H])c([Si](c2ccccc2)(c2ccccc2)c2cccc(-c3ccccc3)c2)c([2H])c1[Si](c1ccccc1)(c1ccccc1)c1cccc(-c2ccccc2)c1. The van der Waals surface area contributed by atoms with Crippen LogP contribution in [0.25, 0.3) is 72.5 Å². The van der Waals surface area contributed by atoms with Crippen LogP contribution in [0.15, 0.2) is 352 Å². The summed E-state index contributed by atoms with van der Waals surface area (Å²) in [5, 5.41) is 12.6. The molecule has 15 aromatic rings. The molecular weight excluding hydrogens is 1100 g/mol. The standard InChI is InChI=1S/C81H59N5Si2/c1-8-30-59(31-9-1)62-36-28-46-69(54-62)87(65-38-14-4-15-39-65,66-40-16-5-17-41-66)71-56-64(57-72(58-71)88(67-42-18-6-19-43-67,68-44-20-7-21-45-68)70-47-29-37-63(55-70)60-32-10-2-11-33-60)79-83-80(82-76-51-25-22-48-73(76)61-34-12-3-13-35-61)85-81(84-79)86-77-52-26-23-49-74(77)75-50-24-27-53-78(75)86/h1-58H,(H,82,83,84,85)/i56D,57D,58D. The van der Waals surface area contributed by atoms with E-state index in [1.54, 1.807) is 0 Å². The van der Waals surface area contributed by atoms with Crippen molar-refractivity contribution in [2.45, 2.75) is 0 Å². The third kappa shape index (κ3) is 9.65. The molecule has 0 amide bonds. The molecule has 0 radical (unpaired) electrons. The molecule has 0 aliphatic carbocycles. The molecule has 0 saturated carbocycles. The van der Waals surface area contributed by atoms with Crippen molar-refractivity contribution in [2.75, 3.05) is 5.32 Å². The van der Waals surface area contributed by atoms with Crippen LogP contribution in [-0.4, -0.2) is 35.7 Å². The molecule has 15 rings (SSSR count). The van der Waals surface area contributed by atoms with E-state index in [0.29, 0.717) is 16.3 Å². The normalized spacial score (nSPS) is 12.1. The van der Waals surface area contributed by atoms with Crippen LogP contribution in [0.3, 0.4) is 0 Å². The summed E-state index contributed by atoms with van der Waals surface area (Å²) in [5.41, 5.74) is 8.76. The maximum Gasteiger partial charge on any atom is 0.240 e. The molecule has 7 heteroatoms. The van der Waals surface area contributed by atoms with E-state index in [-0.39, 0.29) is 35.5 Å². The Labute approximate surface area is 519 Å². The number of nitrogens with zero attached hydrogens (tertiary/aromatic N) is 4. The number of nitrogens with one attached hydrogen (secondary N) is 1. The number of anilines is 2. The van der Waals surface area contributed by atoms with Crippen LogP contribution < -0.4 is 46.8 Å². The number of aromatic nitrogens is 4. The molecule has 88 heavy (non-hydrogen) atoms. The van der Waals surface area contributed by atoms with Gasteiger partial charge in [0.1, 0.15) is 0 Å². The second kappa shape index (κ2) is 23.4. The van der Waals surface area contributed by atoms with Crippen molar-refractivity contribution in [3.8, 4) is 50.7 Å². The van der Waals surface area contributed by atoms with Crippen LogP contribution in [0.4, 0.5) is 11.6 Å². The van der Waals surface area contributed by atoms with Crippen molar-refractivity contribution in [1.82, 2.24) is 19.5 Å². The highest BCUT2D eigenvalue weighted by atomic mass is 28.3. The van der Waals surface area contributed by atoms with Gasteiger partial charge in [0.2, 0.25) is 11.9 Å². The number of fused-ring (bicyclic) bond motifs is 3. The average molecular weight is 1160 g/mol. The van der Waals surface area contributed by atoms with E-state index in [4.69, 9.17) is 15.0 Å². The lowest BCUT2D eigenvalue weighted by Gasteiger charge is -2.38. The molecule has 0 unspecified atom stereocenters. The Morgan fingerprint density at radius 3 is 1.10 bits per heavy atom. The van der Waals surface area contributed by atoms with Crippen LogP contribution in [0.1, 0.15) is 4.11 Å². The van der Waals surface area contributed by atoms with E-state index in [1.165, 1.54) is 0 Å². The monoisotopic (exact) mass is 1160 g/mol. The van der Waals surface area contributed by atoms with Gasteiger partial charge < -0.3 is 5.32 Å². The zero-order valence-electron chi connectivity index (χ0n) is 51.0. The average Bonchev–Trinajstić information content (AvgIpc) is 0.934. The Morgan fingerprint density at radius 1 is 0.284 bits per heavy atom. The van der Waals surface area contributed by atoms with Crippen molar-refractivity contribution < 1.29 is 4.11 Å². The molecule has 2 heterocycles. The quantitative estimate of drug-likeness (QED) is 0.0821. The van der Waals surface area contributed by atoms with Gasteiger partial charge in [-0.05, 0) is 87.5 Å². The molecule has 416 valence electrons. The Kier molecular flexibility index (Phi) is 13.4. The molecule has 0 fully saturated rings. The first-order chi connectivity index (χ1) is 44.9. The first-order valence-electron chi connectivity index (χ1n) is 31.3. The molecule has 0 aliphatic rings. The smallest absolute Gasteiger partial charge is 0.240 e. The number of hydrogen-bond acceptors (Lipinski definition) is 4. The summed E-state index contributed by atoms with van der Waals surface area (Å²) in [5.74, 6) is 0.639. The van der Waals surface area contributed by atoms with E-state index in [2.05, 4.69) is 246 Å². The first-order valence-corrected chi connectivity index (χ1v) is 33.8. The molecule has 0 aliphatic heterocycles. The van der Waals surface area contributed by atoms with Crippen LogP contribution in [0.5, 0.6) is 0 Å². The van der Waals surface area contributed by atoms with Gasteiger partial charge in [-0.15, -0.1) is 0 Å². The maximum absolute atomic E-state index is 11.8. The minimum absolute atomic E-state index is 0.000282. The summed E-state index contributed by atoms with van der Waals surface area (Å²) in [6.07, 6.45) is 0. The third-order valence-electron chi connectivity index (χ3n) is 17.0. The molecular formula is C81H59N5Si2. The van der Waals surface area contributed by atoms with E-state index in [0.717, 1.165) is 92.0 Å². The van der Waals surface area contributed by atoms with Crippen molar-refractivity contribution in [2.24, 2.45) is 0 Å². The molecule has 0 atom stereocenters. The Balaban J connectivity index is 1.15. The fourth-order valence-electron chi connectivity index (χ4n) is 13.1. The number of rotatable bonds is 15. The number of hydrogen-bond donors (Lipinski definition) is 1. The van der Waals surface area contributed by atoms with Gasteiger partial charge in [0, 0.05) is 27.6 Å². The predicted molar refractivity (Wildman–Crippen MR) is 373 cm³/mol. The van der Waals surface area contributed by atoms with E-state index in [1.807, 2.05) is 97.1 Å². The van der Waals surface area contributed by atoms with E-state index >= 15 is 0 Å². The van der Waals surface area contributed by atoms with Crippen molar-refractivity contribution in [1.29, 1.82) is 0 Å². The lowest BCUT2D eigenvalue weighted by molar-refractivity contribution is 0.953. The second-order valence-electron chi connectivity index (χ2n) is 22.0. The van der Waals surface area contributed by atoms with Crippen LogP contribution >= 0.6 is 0 Å². The molecule has 13 aromatic carbocycles. The van der Waals surface area contributed by atoms with Gasteiger partial charge >= 0.3 is 0 Å². The summed E-state index contributed by atoms with van der Waals surface area (Å²) >= 11 is 0. The molecule has 1 N–H and O–H groups in total. The highest BCUT2D eigenvalue weighted by Gasteiger charge is 2.46. The maximum atomic E-state index is 11.8. The molecule has 0 bridgehead atoms. The van der Waals surface area contributed by atoms with Gasteiger partial charge in [0.25, 0.3) is 0 Å². The largest absolute Gasteiger partial charge is 0.323 e. The van der Waals surface area contributed by atoms with Crippen molar-refractivity contribution in [3.63, 3.8) is 0 Å². The lowest BCUT2D eigenvalue weighted by Crippen LogP contribution is -2.78. The fraction of sp³-hybridized carbons (Fsp3) is 0. The van der Waals surface area contributed by atoms with Gasteiger partial charge in [-0.25, -0.2) is 0 Å².